The van der Waals surface area contributed by atoms with Crippen molar-refractivity contribution in [3.05, 3.63) is 66.2 Å². The largest absolute Gasteiger partial charge is 0.505 e. The van der Waals surface area contributed by atoms with E-state index in [0.29, 0.717) is 33.3 Å². The number of aromatic hydroxyl groups is 1. The number of nitrogen functional groups attached to an aromatic ring is 1. The summed E-state index contributed by atoms with van der Waals surface area (Å²) in [5.74, 6) is 9.51. The summed E-state index contributed by atoms with van der Waals surface area (Å²) in [6.45, 7) is 3.74. The highest BCUT2D eigenvalue weighted by molar-refractivity contribution is 7.86. The van der Waals surface area contributed by atoms with Gasteiger partial charge in [-0.25, -0.2) is 0 Å². The van der Waals surface area contributed by atoms with E-state index in [9.17, 15) is 18.1 Å². The number of phenolic OH excluding ortho intramolecular Hbond substituents is 1. The van der Waals surface area contributed by atoms with Crippen LogP contribution in [0.15, 0.2) is 86.0 Å². The number of fused-ring (bicyclic) bond motifs is 1. The summed E-state index contributed by atoms with van der Waals surface area (Å²) in [4.78, 5) is 7.68. The topological polar surface area (TPSA) is 248 Å². The van der Waals surface area contributed by atoms with Crippen molar-refractivity contribution in [3.63, 3.8) is 0 Å². The lowest BCUT2D eigenvalue weighted by Crippen LogP contribution is -2.14. The number of rotatable bonds is 12. The fraction of sp³-hybridized carbons (Fsp3) is 0.120. The SMILES string of the molecule is CCOc1cc(N=Nc2cccc([P+](=O)NOON)c2)c(C)cc1N=Nc1c(S(=O)(=O)ON)cc2ccc(N)cc2c1O. The van der Waals surface area contributed by atoms with E-state index in [2.05, 4.69) is 40.0 Å². The molecule has 0 spiro atoms. The molecular formula is C25H26N8O8PS+. The molecule has 0 aliphatic carbocycles. The Kier molecular flexibility index (Phi) is 10.0. The zero-order valence-corrected chi connectivity index (χ0v) is 24.4. The predicted molar refractivity (Wildman–Crippen MR) is 156 cm³/mol. The van der Waals surface area contributed by atoms with Gasteiger partial charge in [0.15, 0.2) is 5.75 Å². The van der Waals surface area contributed by atoms with Crippen molar-refractivity contribution < 1.29 is 37.1 Å². The molecule has 0 aliphatic rings. The second-order valence-electron chi connectivity index (χ2n) is 8.63. The number of anilines is 1. The molecule has 0 bridgehead atoms. The molecule has 1 unspecified atom stereocenters. The van der Waals surface area contributed by atoms with Gasteiger partial charge in [-0.05, 0) is 65.8 Å². The summed E-state index contributed by atoms with van der Waals surface area (Å²) in [6.07, 6.45) is 0. The first-order valence-corrected chi connectivity index (χ1v) is 14.9. The molecule has 0 radical (unpaired) electrons. The number of benzene rings is 4. The normalized spacial score (nSPS) is 12.4. The molecule has 1 atom stereocenters. The van der Waals surface area contributed by atoms with E-state index in [1.807, 2.05) is 0 Å². The Morgan fingerprint density at radius 3 is 2.47 bits per heavy atom. The Morgan fingerprint density at radius 1 is 0.977 bits per heavy atom. The molecule has 224 valence electrons. The standard InChI is InChI=1S/C25H25N8O8PS/c1-3-38-22-13-20(30-29-17-5-4-6-18(12-17)42(35)33-41-39-27)14(2)9-21(22)31-32-24-23(43(36,37)40-28)10-15-7-8-16(26)11-19(15)25(24)34/h4-13H,3,27-28H2,1-2H3,(H3-,26,29,30,31,32,33,34,35)/p+1. The molecule has 0 saturated carbocycles. The molecule has 18 heteroatoms. The van der Waals surface area contributed by atoms with Crippen LogP contribution in [-0.2, 0) is 28.9 Å². The van der Waals surface area contributed by atoms with Gasteiger partial charge in [0, 0.05) is 23.2 Å². The Morgan fingerprint density at radius 2 is 1.74 bits per heavy atom. The third-order valence-corrected chi connectivity index (χ3v) is 7.90. The lowest BCUT2D eigenvalue weighted by atomic mass is 10.1. The van der Waals surface area contributed by atoms with E-state index in [1.165, 1.54) is 24.3 Å². The smallest absolute Gasteiger partial charge is 0.499 e. The molecule has 4 rings (SSSR count). The van der Waals surface area contributed by atoms with Crippen LogP contribution in [0.4, 0.5) is 28.4 Å². The van der Waals surface area contributed by atoms with Gasteiger partial charge in [-0.2, -0.15) is 34.7 Å². The Labute approximate surface area is 245 Å². The minimum Gasteiger partial charge on any atom is -0.505 e. The van der Waals surface area contributed by atoms with Crippen molar-refractivity contribution in [2.24, 2.45) is 32.3 Å². The van der Waals surface area contributed by atoms with E-state index in [4.69, 9.17) is 22.3 Å². The number of hydrogen-bond acceptors (Lipinski definition) is 15. The Hall–Kier alpha value is -4.45. The molecule has 0 amide bonds. The van der Waals surface area contributed by atoms with Crippen molar-refractivity contribution in [1.29, 1.82) is 0 Å². The first kappa shape index (κ1) is 31.5. The predicted octanol–water partition coefficient (Wildman–Crippen LogP) is 4.94. The monoisotopic (exact) mass is 629 g/mol. The van der Waals surface area contributed by atoms with Gasteiger partial charge in [0.25, 0.3) is 0 Å². The zero-order valence-electron chi connectivity index (χ0n) is 22.7. The van der Waals surface area contributed by atoms with Crippen molar-refractivity contribution >= 4 is 62.6 Å². The van der Waals surface area contributed by atoms with Gasteiger partial charge >= 0.3 is 18.1 Å². The Balaban J connectivity index is 1.73. The van der Waals surface area contributed by atoms with Gasteiger partial charge in [-0.15, -0.1) is 15.2 Å². The van der Waals surface area contributed by atoms with Crippen LogP contribution >= 0.6 is 7.95 Å². The van der Waals surface area contributed by atoms with Crippen LogP contribution in [0, 0.1) is 6.92 Å². The maximum Gasteiger partial charge on any atom is 0.499 e. The molecular weight excluding hydrogens is 603 g/mol. The quantitative estimate of drug-likeness (QED) is 0.0459. The second-order valence-corrected chi connectivity index (χ2v) is 11.5. The van der Waals surface area contributed by atoms with E-state index in [1.54, 1.807) is 50.2 Å². The summed E-state index contributed by atoms with van der Waals surface area (Å²) in [5, 5.41) is 30.8. The summed E-state index contributed by atoms with van der Waals surface area (Å²) in [6, 6.07) is 15.3. The van der Waals surface area contributed by atoms with Gasteiger partial charge in [0.05, 0.1) is 23.2 Å². The zero-order chi connectivity index (χ0) is 31.1. The van der Waals surface area contributed by atoms with E-state index < -0.39 is 34.4 Å². The van der Waals surface area contributed by atoms with Gasteiger partial charge in [-0.3, -0.25) is 0 Å². The van der Waals surface area contributed by atoms with Crippen LogP contribution in [0.3, 0.4) is 0 Å². The average molecular weight is 630 g/mol. The molecule has 0 fully saturated rings. The number of nitrogens with one attached hydrogen (secondary N) is 1. The summed E-state index contributed by atoms with van der Waals surface area (Å²) in [7, 11) is -6.69. The van der Waals surface area contributed by atoms with Crippen molar-refractivity contribution in [3.8, 4) is 11.5 Å². The Bertz CT molecular complexity index is 1850. The highest BCUT2D eigenvalue weighted by atomic mass is 32.2. The van der Waals surface area contributed by atoms with Gasteiger partial charge in [0.1, 0.15) is 22.0 Å². The molecule has 0 aromatic heterocycles. The van der Waals surface area contributed by atoms with Crippen LogP contribution in [0.5, 0.6) is 11.5 Å². The lowest BCUT2D eigenvalue weighted by molar-refractivity contribution is -0.322. The molecule has 0 heterocycles. The number of nitrogens with zero attached hydrogens (tertiary/aromatic N) is 4. The van der Waals surface area contributed by atoms with Crippen LogP contribution in [0.25, 0.3) is 10.8 Å². The first-order valence-electron chi connectivity index (χ1n) is 12.2. The van der Waals surface area contributed by atoms with Gasteiger partial charge in [-0.1, -0.05) is 17.1 Å². The fourth-order valence-corrected chi connectivity index (χ4v) is 5.26. The number of azo groups is 2. The maximum absolute atomic E-state index is 12.6. The summed E-state index contributed by atoms with van der Waals surface area (Å²) >= 11 is 0. The summed E-state index contributed by atoms with van der Waals surface area (Å²) < 4.78 is 47.3. The third kappa shape index (κ3) is 7.31. The van der Waals surface area contributed by atoms with Crippen LogP contribution in [0.1, 0.15) is 12.5 Å². The van der Waals surface area contributed by atoms with E-state index in [0.717, 1.165) is 0 Å². The van der Waals surface area contributed by atoms with Gasteiger partial charge in [0.2, 0.25) is 5.30 Å². The lowest BCUT2D eigenvalue weighted by Gasteiger charge is -2.11. The number of aryl methyl sites for hydroxylation is 1. The molecule has 8 N–H and O–H groups in total. The minimum atomic E-state index is -4.51. The molecule has 4 aromatic rings. The van der Waals surface area contributed by atoms with Crippen LogP contribution < -0.4 is 32.8 Å². The number of phenols is 1. The molecule has 16 nitrogen and oxygen atoms in total. The maximum atomic E-state index is 12.6. The molecule has 0 saturated heterocycles. The minimum absolute atomic E-state index is 0.203. The molecule has 43 heavy (non-hydrogen) atoms. The van der Waals surface area contributed by atoms with Crippen LogP contribution in [0.2, 0.25) is 0 Å². The van der Waals surface area contributed by atoms with Crippen molar-refractivity contribution in [2.45, 2.75) is 18.7 Å². The first-order chi connectivity index (χ1) is 20.6. The highest BCUT2D eigenvalue weighted by Crippen LogP contribution is 2.43. The van der Waals surface area contributed by atoms with E-state index >= 15 is 0 Å². The third-order valence-electron chi connectivity index (χ3n) is 5.81. The average Bonchev–Trinajstić information content (AvgIpc) is 3.00. The number of ether oxygens (including phenoxy) is 1. The number of nitrogens with two attached hydrogens (primary N) is 3. The van der Waals surface area contributed by atoms with E-state index in [-0.39, 0.29) is 23.4 Å². The second kappa shape index (κ2) is 13.7. The summed E-state index contributed by atoms with van der Waals surface area (Å²) in [5.41, 5.74) is 7.39. The highest BCUT2D eigenvalue weighted by Gasteiger charge is 2.25. The van der Waals surface area contributed by atoms with Crippen molar-refractivity contribution in [2.75, 3.05) is 12.3 Å². The van der Waals surface area contributed by atoms with Gasteiger partial charge < -0.3 is 15.6 Å². The molecule has 0 aliphatic heterocycles. The van der Waals surface area contributed by atoms with Crippen LogP contribution in [-0.4, -0.2) is 20.1 Å². The fourth-order valence-electron chi connectivity index (χ4n) is 3.82. The number of hydrogen-bond donors (Lipinski definition) is 5. The van der Waals surface area contributed by atoms with Crippen molar-refractivity contribution in [1.82, 2.24) is 5.25 Å². The molecule has 4 aromatic carbocycles.